The van der Waals surface area contributed by atoms with Crippen LogP contribution in [0.2, 0.25) is 0 Å². The number of hydrogen-bond donors (Lipinski definition) is 0. The fraction of sp³-hybridized carbons (Fsp3) is 0.125. The Bertz CT molecular complexity index is 1880. The average Bonchev–Trinajstić information content (AvgIpc) is 3.43. The van der Waals surface area contributed by atoms with Crippen LogP contribution in [0, 0.1) is 0 Å². The standard InChI is InChI=1S/C32H25N5O3/c1-20(21-8-4-3-5-9-21)36-39-18-27-34-31-30-28(23-12-15-24(38-2)16-13-23)29-25-11-7-6-10-22(25)14-17-26(29)40-32(30)33-19-37(31)35-27/h3-17,19,28H,18H2,1-2H3/b36-20+. The Labute approximate surface area is 230 Å². The lowest BCUT2D eigenvalue weighted by Gasteiger charge is -2.29. The largest absolute Gasteiger partial charge is 0.497 e. The van der Waals surface area contributed by atoms with Crippen molar-refractivity contribution in [3.05, 3.63) is 125 Å². The number of aromatic nitrogens is 4. The molecule has 2 aromatic heterocycles. The predicted octanol–water partition coefficient (Wildman–Crippen LogP) is 6.51. The maximum Gasteiger partial charge on any atom is 0.228 e. The molecule has 0 aliphatic carbocycles. The van der Waals surface area contributed by atoms with Crippen molar-refractivity contribution in [2.45, 2.75) is 19.4 Å². The van der Waals surface area contributed by atoms with Gasteiger partial charge in [-0.2, -0.15) is 0 Å². The second-order valence-corrected chi connectivity index (χ2v) is 9.58. The molecule has 0 saturated carbocycles. The first-order valence-corrected chi connectivity index (χ1v) is 13.0. The molecule has 0 bridgehead atoms. The zero-order valence-electron chi connectivity index (χ0n) is 22.0. The Morgan fingerprint density at radius 1 is 0.925 bits per heavy atom. The molecule has 7 rings (SSSR count). The van der Waals surface area contributed by atoms with E-state index in [0.717, 1.165) is 50.2 Å². The molecule has 0 saturated heterocycles. The molecule has 3 heterocycles. The summed E-state index contributed by atoms with van der Waals surface area (Å²) in [6.45, 7) is 2.03. The summed E-state index contributed by atoms with van der Waals surface area (Å²) in [6.07, 6.45) is 1.63. The molecular weight excluding hydrogens is 502 g/mol. The van der Waals surface area contributed by atoms with Crippen LogP contribution < -0.4 is 9.47 Å². The highest BCUT2D eigenvalue weighted by molar-refractivity contribution is 5.98. The molecule has 1 aliphatic heterocycles. The first-order chi connectivity index (χ1) is 19.7. The van der Waals surface area contributed by atoms with Crippen LogP contribution >= 0.6 is 0 Å². The third kappa shape index (κ3) is 4.10. The SMILES string of the molecule is COc1ccc(C2c3c(ccc4ccccc34)Oc3ncn4nc(CO/N=C(\C)c5ccccc5)nc4c32)cc1. The van der Waals surface area contributed by atoms with Crippen LogP contribution in [0.5, 0.6) is 17.4 Å². The highest BCUT2D eigenvalue weighted by atomic mass is 16.6. The topological polar surface area (TPSA) is 83.1 Å². The van der Waals surface area contributed by atoms with Crippen molar-refractivity contribution >= 4 is 22.1 Å². The summed E-state index contributed by atoms with van der Waals surface area (Å²) in [5, 5.41) is 11.1. The lowest BCUT2D eigenvalue weighted by Crippen LogP contribution is -2.15. The van der Waals surface area contributed by atoms with E-state index in [1.54, 1.807) is 18.0 Å². The van der Waals surface area contributed by atoms with E-state index in [9.17, 15) is 0 Å². The molecule has 0 fully saturated rings. The average molecular weight is 528 g/mol. The molecule has 0 N–H and O–H groups in total. The molecule has 0 amide bonds. The summed E-state index contributed by atoms with van der Waals surface area (Å²) in [4.78, 5) is 15.2. The van der Waals surface area contributed by atoms with Gasteiger partial charge in [-0.1, -0.05) is 78.0 Å². The van der Waals surface area contributed by atoms with Crippen LogP contribution in [-0.4, -0.2) is 32.4 Å². The minimum Gasteiger partial charge on any atom is -0.497 e. The quantitative estimate of drug-likeness (QED) is 0.181. The summed E-state index contributed by atoms with van der Waals surface area (Å²) in [7, 11) is 1.67. The van der Waals surface area contributed by atoms with Gasteiger partial charge in [0.15, 0.2) is 18.1 Å². The highest BCUT2D eigenvalue weighted by Crippen LogP contribution is 2.50. The molecular formula is C32H25N5O3. The van der Waals surface area contributed by atoms with E-state index >= 15 is 0 Å². The fourth-order valence-electron chi connectivity index (χ4n) is 5.26. The lowest BCUT2D eigenvalue weighted by atomic mass is 9.81. The Balaban J connectivity index is 1.33. The fourth-order valence-corrected chi connectivity index (χ4v) is 5.26. The smallest absolute Gasteiger partial charge is 0.228 e. The number of ether oxygens (including phenoxy) is 2. The van der Waals surface area contributed by atoms with Gasteiger partial charge in [0.05, 0.1) is 18.4 Å². The predicted molar refractivity (Wildman–Crippen MR) is 152 cm³/mol. The van der Waals surface area contributed by atoms with Crippen LogP contribution in [0.3, 0.4) is 0 Å². The summed E-state index contributed by atoms with van der Waals surface area (Å²) in [5.74, 6) is 2.38. The number of benzene rings is 4. The Morgan fingerprint density at radius 3 is 2.55 bits per heavy atom. The van der Waals surface area contributed by atoms with Gasteiger partial charge in [0.2, 0.25) is 5.88 Å². The lowest BCUT2D eigenvalue weighted by molar-refractivity contribution is 0.125. The van der Waals surface area contributed by atoms with Gasteiger partial charge < -0.3 is 14.3 Å². The van der Waals surface area contributed by atoms with Crippen molar-refractivity contribution in [2.24, 2.45) is 5.16 Å². The minimum absolute atomic E-state index is 0.119. The second-order valence-electron chi connectivity index (χ2n) is 9.58. The van der Waals surface area contributed by atoms with E-state index in [1.807, 2.05) is 67.6 Å². The molecule has 1 aliphatic rings. The van der Waals surface area contributed by atoms with Gasteiger partial charge in [0.25, 0.3) is 0 Å². The molecule has 196 valence electrons. The Morgan fingerprint density at radius 2 is 1.73 bits per heavy atom. The molecule has 0 radical (unpaired) electrons. The van der Waals surface area contributed by atoms with Gasteiger partial charge in [-0.05, 0) is 47.0 Å². The van der Waals surface area contributed by atoms with Gasteiger partial charge in [-0.15, -0.1) is 5.10 Å². The summed E-state index contributed by atoms with van der Waals surface area (Å²) in [6, 6.07) is 30.4. The summed E-state index contributed by atoms with van der Waals surface area (Å²) in [5.41, 5.74) is 5.41. The zero-order valence-corrected chi connectivity index (χ0v) is 22.0. The number of fused-ring (bicyclic) bond motifs is 6. The van der Waals surface area contributed by atoms with E-state index in [-0.39, 0.29) is 12.5 Å². The molecule has 6 aromatic rings. The maximum absolute atomic E-state index is 6.39. The normalized spacial score (nSPS) is 14.4. The van der Waals surface area contributed by atoms with Gasteiger partial charge in [0.1, 0.15) is 17.8 Å². The number of methoxy groups -OCH3 is 1. The monoisotopic (exact) mass is 527 g/mol. The third-order valence-corrected chi connectivity index (χ3v) is 7.18. The number of nitrogens with zero attached hydrogens (tertiary/aromatic N) is 5. The number of oxime groups is 1. The van der Waals surface area contributed by atoms with Crippen LogP contribution in [0.4, 0.5) is 0 Å². The van der Waals surface area contributed by atoms with E-state index in [4.69, 9.17) is 19.3 Å². The Kier molecular flexibility index (Phi) is 5.85. The molecule has 0 spiro atoms. The van der Waals surface area contributed by atoms with E-state index in [0.29, 0.717) is 17.4 Å². The van der Waals surface area contributed by atoms with Crippen molar-refractivity contribution in [1.29, 1.82) is 0 Å². The zero-order chi connectivity index (χ0) is 27.1. The van der Waals surface area contributed by atoms with Crippen molar-refractivity contribution in [3.63, 3.8) is 0 Å². The van der Waals surface area contributed by atoms with Crippen molar-refractivity contribution in [1.82, 2.24) is 19.6 Å². The van der Waals surface area contributed by atoms with Crippen LogP contribution in [0.1, 0.15) is 40.9 Å². The number of rotatable bonds is 6. The van der Waals surface area contributed by atoms with Crippen molar-refractivity contribution in [3.8, 4) is 17.4 Å². The van der Waals surface area contributed by atoms with Gasteiger partial charge in [-0.3, -0.25) is 0 Å². The molecule has 8 nitrogen and oxygen atoms in total. The summed E-state index contributed by atoms with van der Waals surface area (Å²) < 4.78 is 13.5. The summed E-state index contributed by atoms with van der Waals surface area (Å²) >= 11 is 0. The van der Waals surface area contributed by atoms with Crippen molar-refractivity contribution < 1.29 is 14.3 Å². The Hall–Kier alpha value is -5.24. The molecule has 1 atom stereocenters. The van der Waals surface area contributed by atoms with E-state index < -0.39 is 0 Å². The molecule has 40 heavy (non-hydrogen) atoms. The van der Waals surface area contributed by atoms with Gasteiger partial charge >= 0.3 is 0 Å². The molecule has 4 aromatic carbocycles. The van der Waals surface area contributed by atoms with Gasteiger partial charge in [-0.25, -0.2) is 14.5 Å². The second kappa shape index (κ2) is 9.81. The van der Waals surface area contributed by atoms with Crippen molar-refractivity contribution in [2.75, 3.05) is 7.11 Å². The number of hydrogen-bond acceptors (Lipinski definition) is 7. The minimum atomic E-state index is -0.191. The van der Waals surface area contributed by atoms with Gasteiger partial charge in [0, 0.05) is 11.5 Å². The van der Waals surface area contributed by atoms with E-state index in [2.05, 4.69) is 45.6 Å². The molecule has 1 unspecified atom stereocenters. The maximum atomic E-state index is 6.39. The van der Waals surface area contributed by atoms with E-state index in [1.165, 1.54) is 0 Å². The van der Waals surface area contributed by atoms with Crippen LogP contribution in [0.25, 0.3) is 16.4 Å². The first-order valence-electron chi connectivity index (χ1n) is 13.0. The molecule has 8 heteroatoms. The van der Waals surface area contributed by atoms with Crippen LogP contribution in [0.15, 0.2) is 102 Å². The first kappa shape index (κ1) is 23.8. The highest BCUT2D eigenvalue weighted by Gasteiger charge is 2.34. The third-order valence-electron chi connectivity index (χ3n) is 7.18. The van der Waals surface area contributed by atoms with Crippen LogP contribution in [-0.2, 0) is 11.4 Å².